The third-order valence-electron chi connectivity index (χ3n) is 2.09. The number of nitrogens with two attached hydrogens (primary N) is 1. The first-order valence-corrected chi connectivity index (χ1v) is 4.17. The van der Waals surface area contributed by atoms with Gasteiger partial charge in [0.1, 0.15) is 5.58 Å². The standard InChI is InChI=1S/C10H11NO2/c11-5-9(12)8-6-13-10-4-2-1-3-7(8)10/h1-4,6,9,12H,5,11H2. The lowest BCUT2D eigenvalue weighted by molar-refractivity contribution is 0.187. The normalized spacial score (nSPS) is 13.4. The Morgan fingerprint density at radius 1 is 1.38 bits per heavy atom. The average molecular weight is 177 g/mol. The monoisotopic (exact) mass is 177 g/mol. The maximum Gasteiger partial charge on any atom is 0.134 e. The van der Waals surface area contributed by atoms with Crippen LogP contribution >= 0.6 is 0 Å². The van der Waals surface area contributed by atoms with Gasteiger partial charge in [0.05, 0.1) is 12.4 Å². The molecule has 13 heavy (non-hydrogen) atoms. The predicted octanol–water partition coefficient (Wildman–Crippen LogP) is 1.42. The second-order valence-electron chi connectivity index (χ2n) is 2.94. The van der Waals surface area contributed by atoms with E-state index in [1.54, 1.807) is 6.26 Å². The number of para-hydroxylation sites is 1. The van der Waals surface area contributed by atoms with Crippen molar-refractivity contribution in [2.45, 2.75) is 6.10 Å². The molecule has 1 aromatic heterocycles. The Labute approximate surface area is 75.8 Å². The smallest absolute Gasteiger partial charge is 0.134 e. The summed E-state index contributed by atoms with van der Waals surface area (Å²) in [4.78, 5) is 0. The van der Waals surface area contributed by atoms with Crippen molar-refractivity contribution < 1.29 is 9.52 Å². The summed E-state index contributed by atoms with van der Waals surface area (Å²) in [5.74, 6) is 0. The van der Waals surface area contributed by atoms with Gasteiger partial charge in [0, 0.05) is 17.5 Å². The molecule has 0 spiro atoms. The third-order valence-corrected chi connectivity index (χ3v) is 2.09. The molecule has 1 atom stereocenters. The largest absolute Gasteiger partial charge is 0.464 e. The number of hydrogen-bond acceptors (Lipinski definition) is 3. The van der Waals surface area contributed by atoms with Crippen LogP contribution in [0.5, 0.6) is 0 Å². The van der Waals surface area contributed by atoms with Crippen molar-refractivity contribution in [3.63, 3.8) is 0 Å². The fraction of sp³-hybridized carbons (Fsp3) is 0.200. The van der Waals surface area contributed by atoms with Gasteiger partial charge in [0.25, 0.3) is 0 Å². The van der Waals surface area contributed by atoms with Crippen molar-refractivity contribution in [2.75, 3.05) is 6.54 Å². The fourth-order valence-corrected chi connectivity index (χ4v) is 1.38. The van der Waals surface area contributed by atoms with Crippen LogP contribution < -0.4 is 5.73 Å². The van der Waals surface area contributed by atoms with E-state index >= 15 is 0 Å². The van der Waals surface area contributed by atoms with Crippen molar-refractivity contribution in [3.8, 4) is 0 Å². The second-order valence-corrected chi connectivity index (χ2v) is 2.94. The molecule has 3 heteroatoms. The molecule has 1 heterocycles. The maximum absolute atomic E-state index is 9.53. The molecule has 0 saturated heterocycles. The highest BCUT2D eigenvalue weighted by atomic mass is 16.3. The zero-order chi connectivity index (χ0) is 9.26. The van der Waals surface area contributed by atoms with Crippen LogP contribution in [-0.4, -0.2) is 11.7 Å². The quantitative estimate of drug-likeness (QED) is 0.729. The van der Waals surface area contributed by atoms with E-state index in [1.165, 1.54) is 0 Å². The summed E-state index contributed by atoms with van der Waals surface area (Å²) >= 11 is 0. The van der Waals surface area contributed by atoms with Crippen LogP contribution in [0.1, 0.15) is 11.7 Å². The lowest BCUT2D eigenvalue weighted by Crippen LogP contribution is -2.10. The Hall–Kier alpha value is -1.32. The lowest BCUT2D eigenvalue weighted by atomic mass is 10.1. The zero-order valence-corrected chi connectivity index (χ0v) is 7.10. The minimum atomic E-state index is -0.636. The third kappa shape index (κ3) is 1.32. The molecule has 0 aliphatic carbocycles. The molecule has 1 unspecified atom stereocenters. The van der Waals surface area contributed by atoms with Gasteiger partial charge in [0.2, 0.25) is 0 Å². The van der Waals surface area contributed by atoms with E-state index in [2.05, 4.69) is 0 Å². The summed E-state index contributed by atoms with van der Waals surface area (Å²) in [6.45, 7) is 0.212. The van der Waals surface area contributed by atoms with E-state index in [1.807, 2.05) is 24.3 Å². The van der Waals surface area contributed by atoms with Crippen LogP contribution in [0.15, 0.2) is 34.9 Å². The van der Waals surface area contributed by atoms with Gasteiger partial charge in [-0.15, -0.1) is 0 Å². The molecule has 2 aromatic rings. The van der Waals surface area contributed by atoms with Crippen LogP contribution in [0, 0.1) is 0 Å². The SMILES string of the molecule is NCC(O)c1coc2ccccc12. The molecule has 3 N–H and O–H groups in total. The van der Waals surface area contributed by atoms with E-state index in [4.69, 9.17) is 10.2 Å². The molecule has 0 bridgehead atoms. The molecule has 0 aliphatic heterocycles. The number of benzene rings is 1. The van der Waals surface area contributed by atoms with Crippen LogP contribution in [0.3, 0.4) is 0 Å². The van der Waals surface area contributed by atoms with Gasteiger partial charge in [-0.05, 0) is 6.07 Å². The van der Waals surface area contributed by atoms with Crippen LogP contribution in [0.2, 0.25) is 0 Å². The number of hydrogen-bond donors (Lipinski definition) is 2. The molecular formula is C10H11NO2. The van der Waals surface area contributed by atoms with Crippen molar-refractivity contribution in [3.05, 3.63) is 36.1 Å². The summed E-state index contributed by atoms with van der Waals surface area (Å²) in [5, 5.41) is 10.5. The highest BCUT2D eigenvalue weighted by molar-refractivity contribution is 5.81. The first kappa shape index (κ1) is 8.29. The van der Waals surface area contributed by atoms with Gasteiger partial charge in [-0.1, -0.05) is 18.2 Å². The summed E-state index contributed by atoms with van der Waals surface area (Å²) < 4.78 is 5.26. The van der Waals surface area contributed by atoms with Crippen molar-refractivity contribution in [1.29, 1.82) is 0 Å². The molecular weight excluding hydrogens is 166 g/mol. The summed E-state index contributed by atoms with van der Waals surface area (Å²) in [6, 6.07) is 7.57. The number of furan rings is 1. The second kappa shape index (κ2) is 3.20. The molecule has 0 saturated carbocycles. The molecule has 0 fully saturated rings. The molecule has 0 aliphatic rings. The van der Waals surface area contributed by atoms with Crippen LogP contribution in [-0.2, 0) is 0 Å². The Morgan fingerprint density at radius 2 is 2.15 bits per heavy atom. The van der Waals surface area contributed by atoms with Gasteiger partial charge in [-0.3, -0.25) is 0 Å². The van der Waals surface area contributed by atoms with E-state index in [0.29, 0.717) is 0 Å². The predicted molar refractivity (Wildman–Crippen MR) is 50.2 cm³/mol. The first-order chi connectivity index (χ1) is 6.33. The van der Waals surface area contributed by atoms with Gasteiger partial charge >= 0.3 is 0 Å². The highest BCUT2D eigenvalue weighted by Gasteiger charge is 2.11. The molecule has 3 nitrogen and oxygen atoms in total. The lowest BCUT2D eigenvalue weighted by Gasteiger charge is -2.03. The van der Waals surface area contributed by atoms with E-state index < -0.39 is 6.10 Å². The van der Waals surface area contributed by atoms with Crippen molar-refractivity contribution >= 4 is 11.0 Å². The van der Waals surface area contributed by atoms with Gasteiger partial charge in [-0.2, -0.15) is 0 Å². The van der Waals surface area contributed by atoms with Crippen LogP contribution in [0.25, 0.3) is 11.0 Å². The topological polar surface area (TPSA) is 59.4 Å². The minimum absolute atomic E-state index is 0.212. The zero-order valence-electron chi connectivity index (χ0n) is 7.10. The Kier molecular flexibility index (Phi) is 2.04. The first-order valence-electron chi connectivity index (χ1n) is 4.17. The molecule has 0 radical (unpaired) electrons. The van der Waals surface area contributed by atoms with Gasteiger partial charge in [0.15, 0.2) is 0 Å². The van der Waals surface area contributed by atoms with Crippen molar-refractivity contribution in [2.24, 2.45) is 5.73 Å². The molecule has 1 aromatic carbocycles. The van der Waals surface area contributed by atoms with Crippen molar-refractivity contribution in [1.82, 2.24) is 0 Å². The van der Waals surface area contributed by atoms with Crippen LogP contribution in [0.4, 0.5) is 0 Å². The Bertz CT molecular complexity index is 408. The van der Waals surface area contributed by atoms with E-state index in [-0.39, 0.29) is 6.54 Å². The molecule has 0 amide bonds. The minimum Gasteiger partial charge on any atom is -0.464 e. The molecule has 68 valence electrons. The Morgan fingerprint density at radius 3 is 2.92 bits per heavy atom. The summed E-state index contributed by atoms with van der Waals surface area (Å²) in [7, 11) is 0. The van der Waals surface area contributed by atoms with E-state index in [0.717, 1.165) is 16.5 Å². The number of fused-ring (bicyclic) bond motifs is 1. The van der Waals surface area contributed by atoms with E-state index in [9.17, 15) is 5.11 Å². The number of rotatable bonds is 2. The highest BCUT2D eigenvalue weighted by Crippen LogP contribution is 2.25. The average Bonchev–Trinajstić information content (AvgIpc) is 2.60. The molecule has 2 rings (SSSR count). The Balaban J connectivity index is 2.57. The van der Waals surface area contributed by atoms with Gasteiger partial charge < -0.3 is 15.3 Å². The summed E-state index contributed by atoms with van der Waals surface area (Å²) in [6.07, 6.45) is 0.922. The fourth-order valence-electron chi connectivity index (χ4n) is 1.38. The van der Waals surface area contributed by atoms with Gasteiger partial charge in [-0.25, -0.2) is 0 Å². The number of aliphatic hydroxyl groups excluding tert-OH is 1. The summed E-state index contributed by atoms with van der Waals surface area (Å²) in [5.41, 5.74) is 6.91. The number of aliphatic hydroxyl groups is 1. The maximum atomic E-state index is 9.53.